The van der Waals surface area contributed by atoms with Crippen LogP contribution in [-0.2, 0) is 52.2 Å². The van der Waals surface area contributed by atoms with E-state index in [4.69, 9.17) is 47.4 Å². The smallest absolute Gasteiger partial charge is 0.335 e. The van der Waals surface area contributed by atoms with Crippen molar-refractivity contribution in [2.75, 3.05) is 33.0 Å². The predicted octanol–water partition coefficient (Wildman–Crippen LogP) is -5.06. The molecule has 18 N–H and O–H groups in total. The van der Waals surface area contributed by atoms with E-state index in [1.165, 1.54) is 5.57 Å². The minimum Gasteiger partial charge on any atom is -0.479 e. The van der Waals surface area contributed by atoms with Crippen LogP contribution < -0.4 is 0 Å². The van der Waals surface area contributed by atoms with Crippen molar-refractivity contribution >= 4 is 5.97 Å². The van der Waals surface area contributed by atoms with Gasteiger partial charge in [0, 0.05) is 10.8 Å². The number of rotatable bonds is 15. The molecule has 0 aromatic rings. The summed E-state index contributed by atoms with van der Waals surface area (Å²) in [6.07, 6.45) is -39.2. The normalized spacial score (nSPS) is 55.5. The average molecular weight is 1270 g/mol. The van der Waals surface area contributed by atoms with Crippen LogP contribution in [0.15, 0.2) is 11.6 Å². The fourth-order valence-electron chi connectivity index (χ4n) is 17.9. The van der Waals surface area contributed by atoms with Gasteiger partial charge in [0.25, 0.3) is 0 Å². The molecule has 506 valence electrons. The number of aliphatic carboxylic acids is 1. The van der Waals surface area contributed by atoms with Crippen LogP contribution in [0, 0.1) is 50.2 Å². The third-order valence-electron chi connectivity index (χ3n) is 23.6. The van der Waals surface area contributed by atoms with Gasteiger partial charge < -0.3 is 139 Å². The summed E-state index contributed by atoms with van der Waals surface area (Å²) in [6.45, 7) is 11.5. The van der Waals surface area contributed by atoms with Crippen molar-refractivity contribution in [3.8, 4) is 0 Å². The van der Waals surface area contributed by atoms with E-state index in [0.717, 1.165) is 0 Å². The van der Waals surface area contributed by atoms with Gasteiger partial charge in [0.05, 0.1) is 51.3 Å². The zero-order chi connectivity index (χ0) is 64.4. The van der Waals surface area contributed by atoms with Gasteiger partial charge >= 0.3 is 5.97 Å². The van der Waals surface area contributed by atoms with Crippen LogP contribution in [0.3, 0.4) is 0 Å². The van der Waals surface area contributed by atoms with Crippen LogP contribution in [-0.4, -0.2) is 297 Å². The molecule has 0 radical (unpaired) electrons. The molecule has 35 atom stereocenters. The zero-order valence-corrected chi connectivity index (χ0v) is 50.6. The molecule has 10 aliphatic rings. The second-order valence-corrected chi connectivity index (χ2v) is 28.8. The van der Waals surface area contributed by atoms with Crippen molar-refractivity contribution in [1.82, 2.24) is 0 Å². The summed E-state index contributed by atoms with van der Waals surface area (Å²) in [5.74, 6) is -2.05. The van der Waals surface area contributed by atoms with Crippen LogP contribution in [0.5, 0.6) is 0 Å². The average Bonchev–Trinajstić information content (AvgIpc) is 0.677. The largest absolute Gasteiger partial charge is 0.479 e. The Labute approximate surface area is 509 Å². The number of ether oxygens (including phenoxy) is 10. The Hall–Kier alpha value is -1.87. The Morgan fingerprint density at radius 2 is 1.05 bits per heavy atom. The van der Waals surface area contributed by atoms with E-state index in [1.54, 1.807) is 0 Å². The molecule has 5 heterocycles. The van der Waals surface area contributed by atoms with Crippen LogP contribution in [0.25, 0.3) is 0 Å². The number of fused-ring (bicyclic) bond motifs is 7. The van der Waals surface area contributed by atoms with E-state index >= 15 is 0 Å². The molecule has 5 aliphatic heterocycles. The minimum atomic E-state index is -2.17. The number of aliphatic hydroxyl groups is 17. The highest BCUT2D eigenvalue weighted by molar-refractivity contribution is 5.73. The molecule has 10 rings (SSSR count). The summed E-state index contributed by atoms with van der Waals surface area (Å²) < 4.78 is 60.2. The van der Waals surface area contributed by atoms with Gasteiger partial charge in [-0.05, 0) is 90.8 Å². The molecule has 5 aliphatic carbocycles. The lowest BCUT2D eigenvalue weighted by atomic mass is 9.33. The Bertz CT molecular complexity index is 2460. The fourth-order valence-corrected chi connectivity index (χ4v) is 17.9. The second-order valence-electron chi connectivity index (χ2n) is 28.8. The van der Waals surface area contributed by atoms with E-state index < -0.39 is 225 Å². The molecule has 9 fully saturated rings. The van der Waals surface area contributed by atoms with Crippen molar-refractivity contribution in [1.29, 1.82) is 0 Å². The summed E-state index contributed by atoms with van der Waals surface area (Å²) in [5.41, 5.74) is -2.58. The monoisotopic (exact) mass is 1270 g/mol. The number of hydrogen-bond acceptors (Lipinski definition) is 28. The van der Waals surface area contributed by atoms with Crippen LogP contribution in [0.4, 0.5) is 0 Å². The summed E-state index contributed by atoms with van der Waals surface area (Å²) in [7, 11) is 0. The third kappa shape index (κ3) is 11.2. The zero-order valence-electron chi connectivity index (χ0n) is 50.6. The van der Waals surface area contributed by atoms with E-state index in [2.05, 4.69) is 33.8 Å². The van der Waals surface area contributed by atoms with E-state index in [-0.39, 0.29) is 36.2 Å². The molecule has 29 heteroatoms. The maximum Gasteiger partial charge on any atom is 0.335 e. The summed E-state index contributed by atoms with van der Waals surface area (Å²) in [4.78, 5) is 12.6. The van der Waals surface area contributed by atoms with Gasteiger partial charge in [-0.2, -0.15) is 0 Å². The number of carboxylic acid groups (broad SMARTS) is 1. The van der Waals surface area contributed by atoms with Gasteiger partial charge in [-0.3, -0.25) is 0 Å². The van der Waals surface area contributed by atoms with Gasteiger partial charge in [-0.25, -0.2) is 4.79 Å². The Morgan fingerprint density at radius 1 is 0.523 bits per heavy atom. The number of hydrogen-bond donors (Lipinski definition) is 18. The molecule has 0 bridgehead atoms. The highest BCUT2D eigenvalue weighted by Gasteiger charge is 2.71. The molecule has 88 heavy (non-hydrogen) atoms. The minimum absolute atomic E-state index is 0.0245. The number of aliphatic hydroxyl groups excluding tert-OH is 17. The molecule has 0 aromatic carbocycles. The highest BCUT2D eigenvalue weighted by atomic mass is 16.8. The first kappa shape index (κ1) is 69.0. The SMILES string of the molecule is CC1(C)CC2C3=CCC4[C@@]5(C)CC[C@H](O[C@@H]6O[C@H](C(=O)O)[C@@H](O)[C@H](O)[C@H]6O[C@H]6O[C@@H](CO)[C@@H](O)[C@@H](O)[C@@H]6O[C@H]6O[C@@H](CO)[C@H](O)[C@@H](O)[C@@H]6O)[C@](C)(CO)[C@@H]5CC[C@@]4(C)[C@]3(C)CC[C@@]2(C)[C@H](O[C@@H]2OC[C@@H](O)[C@H](O[C@@H]3O[C@H](CO)[C@@H](O)[C@H](O)[C@H]3O)[C@H]2O)[C@@H]1O. The van der Waals surface area contributed by atoms with Crippen molar-refractivity contribution in [3.63, 3.8) is 0 Å². The third-order valence-corrected chi connectivity index (χ3v) is 23.6. The Morgan fingerprint density at radius 3 is 1.60 bits per heavy atom. The van der Waals surface area contributed by atoms with Crippen molar-refractivity contribution in [2.24, 2.45) is 50.2 Å². The molecule has 2 unspecified atom stereocenters. The number of carboxylic acids is 1. The number of allylic oxidation sites excluding steroid dienone is 2. The molecule has 0 aromatic heterocycles. The molecule has 29 nitrogen and oxygen atoms in total. The Kier molecular flexibility index (Phi) is 19.9. The van der Waals surface area contributed by atoms with E-state index in [9.17, 15) is 96.7 Å². The van der Waals surface area contributed by atoms with Crippen LogP contribution in [0.2, 0.25) is 0 Å². The molecular weight excluding hydrogens is 1170 g/mol. The summed E-state index contributed by atoms with van der Waals surface area (Å²) in [5, 5.41) is 196. The van der Waals surface area contributed by atoms with Gasteiger partial charge in [-0.1, -0.05) is 60.1 Å². The molecule has 0 amide bonds. The number of carbonyl (C=O) groups is 1. The first-order valence-corrected chi connectivity index (χ1v) is 31.0. The second kappa shape index (κ2) is 25.4. The fraction of sp³-hybridized carbons (Fsp3) is 0.949. The van der Waals surface area contributed by atoms with Crippen molar-refractivity contribution in [3.05, 3.63) is 11.6 Å². The Balaban J connectivity index is 0.892. The molecule has 5 saturated heterocycles. The van der Waals surface area contributed by atoms with Gasteiger partial charge in [0.15, 0.2) is 37.6 Å². The van der Waals surface area contributed by atoms with Crippen LogP contribution in [0.1, 0.15) is 99.8 Å². The predicted molar refractivity (Wildman–Crippen MR) is 293 cm³/mol. The quantitative estimate of drug-likeness (QED) is 0.0539. The lowest BCUT2D eigenvalue weighted by Gasteiger charge is -2.72. The first-order chi connectivity index (χ1) is 41.2. The molecular formula is C59H96O29. The molecule has 0 spiro atoms. The van der Waals surface area contributed by atoms with E-state index in [0.29, 0.717) is 44.9 Å². The lowest BCUT2D eigenvalue weighted by molar-refractivity contribution is -0.397. The standard InChI is InChI=1S/C59H96O29/c1-54(2)16-23-22-8-9-29-56(4)12-11-30(83-53-45(38(72)37(71)43(85-53)48(77)78)87-52-44(36(70)33(67)27(19-62)82-52)86-51-40(74)35(69)32(66)26(18-61)81-51)57(5,21-63)28(56)10-13-59(29,7)58(22,6)15-14-55(23,3)47(46(54)76)88-49-41(75)42(24(64)20-79-49)84-50-39(73)34(68)31(65)25(17-60)80-50/h8,23-47,49-53,60-76H,9-21H2,1-7H3,(H,77,78)/t23?,24-,25-,26+,27+,28-,29?,30+,31-,32+,33-,34+,35-,36-,37+,38+,39-,40+,41-,42+,43+,44+,45-,46+,47-,49+,50+,51-,52-,53-,55-,56+,57-,58-,59-/m1/s1. The lowest BCUT2D eigenvalue weighted by Crippen LogP contribution is -2.69. The van der Waals surface area contributed by atoms with Crippen molar-refractivity contribution in [2.45, 2.75) is 266 Å². The maximum absolute atomic E-state index is 12.6. The molecule has 4 saturated carbocycles. The van der Waals surface area contributed by atoms with Gasteiger partial charge in [-0.15, -0.1) is 0 Å². The van der Waals surface area contributed by atoms with E-state index in [1.807, 2.05) is 20.8 Å². The van der Waals surface area contributed by atoms with Gasteiger partial charge in [0.1, 0.15) is 110 Å². The first-order valence-electron chi connectivity index (χ1n) is 31.0. The van der Waals surface area contributed by atoms with Crippen LogP contribution >= 0.6 is 0 Å². The topological polar surface area (TPSA) is 474 Å². The summed E-state index contributed by atoms with van der Waals surface area (Å²) in [6, 6.07) is 0. The van der Waals surface area contributed by atoms with Crippen molar-refractivity contribution < 1.29 is 144 Å². The maximum atomic E-state index is 12.6. The summed E-state index contributed by atoms with van der Waals surface area (Å²) >= 11 is 0. The van der Waals surface area contributed by atoms with Gasteiger partial charge in [0.2, 0.25) is 0 Å². The highest BCUT2D eigenvalue weighted by Crippen LogP contribution is 2.76.